The van der Waals surface area contributed by atoms with Gasteiger partial charge >= 0.3 is 0 Å². The third-order valence-corrected chi connectivity index (χ3v) is 6.79. The standard InChI is InChI=1S/C27H21ClN2O3S/c1-15(10-27(31)30-19-8-9-26-23(11-19)29-16(2)34-26)20-12-21-22(17-4-6-18(28)7-5-17)14-33-25(21)13-24(20)32-3/h4-14H,1-3H3,(H,30,31)/b15-10+. The van der Waals surface area contributed by atoms with Crippen LogP contribution in [0, 0.1) is 6.92 Å². The first-order valence-corrected chi connectivity index (χ1v) is 11.8. The van der Waals surface area contributed by atoms with Gasteiger partial charge in [-0.3, -0.25) is 4.79 Å². The summed E-state index contributed by atoms with van der Waals surface area (Å²) >= 11 is 7.68. The molecule has 3 aromatic carbocycles. The lowest BCUT2D eigenvalue weighted by Gasteiger charge is -2.10. The number of carbonyl (C=O) groups is 1. The third kappa shape index (κ3) is 4.30. The summed E-state index contributed by atoms with van der Waals surface area (Å²) in [5.41, 5.74) is 5.80. The fraction of sp³-hybridized carbons (Fsp3) is 0.111. The van der Waals surface area contributed by atoms with Crippen molar-refractivity contribution in [2.24, 2.45) is 0 Å². The molecule has 0 unspecified atom stereocenters. The van der Waals surface area contributed by atoms with Crippen LogP contribution in [0.4, 0.5) is 5.69 Å². The van der Waals surface area contributed by atoms with Crippen LogP contribution < -0.4 is 10.1 Å². The molecule has 0 saturated heterocycles. The van der Waals surface area contributed by atoms with Crippen LogP contribution in [0.2, 0.25) is 5.02 Å². The van der Waals surface area contributed by atoms with Crippen molar-refractivity contribution in [3.8, 4) is 16.9 Å². The minimum absolute atomic E-state index is 0.226. The lowest BCUT2D eigenvalue weighted by Crippen LogP contribution is -2.08. The average molecular weight is 489 g/mol. The lowest BCUT2D eigenvalue weighted by atomic mass is 9.99. The number of carbonyl (C=O) groups excluding carboxylic acids is 1. The smallest absolute Gasteiger partial charge is 0.248 e. The number of anilines is 1. The predicted octanol–water partition coefficient (Wildman–Crippen LogP) is 7.72. The summed E-state index contributed by atoms with van der Waals surface area (Å²) in [5, 5.41) is 5.53. The Bertz CT molecular complexity index is 1560. The number of amides is 1. The molecule has 5 rings (SSSR count). The number of benzene rings is 3. The number of thiazole rings is 1. The Hall–Kier alpha value is -3.61. The first-order chi connectivity index (χ1) is 16.4. The number of ether oxygens (including phenoxy) is 1. The van der Waals surface area contributed by atoms with Gasteiger partial charge in [0.05, 0.1) is 28.6 Å². The van der Waals surface area contributed by atoms with Crippen LogP contribution in [0.15, 0.2) is 71.4 Å². The van der Waals surface area contributed by atoms with Gasteiger partial charge in [0.25, 0.3) is 0 Å². The number of halogens is 1. The number of nitrogens with zero attached hydrogens (tertiary/aromatic N) is 1. The molecule has 0 bridgehead atoms. The highest BCUT2D eigenvalue weighted by Crippen LogP contribution is 2.37. The normalized spacial score (nSPS) is 11.8. The van der Waals surface area contributed by atoms with Crippen LogP contribution in [-0.2, 0) is 4.79 Å². The number of methoxy groups -OCH3 is 1. The van der Waals surface area contributed by atoms with Crippen molar-refractivity contribution in [3.63, 3.8) is 0 Å². The van der Waals surface area contributed by atoms with Crippen LogP contribution in [-0.4, -0.2) is 18.0 Å². The summed E-state index contributed by atoms with van der Waals surface area (Å²) in [6.45, 7) is 3.86. The fourth-order valence-corrected chi connectivity index (χ4v) is 4.89. The summed E-state index contributed by atoms with van der Waals surface area (Å²) in [6.07, 6.45) is 3.29. The van der Waals surface area contributed by atoms with Crippen molar-refractivity contribution >= 4 is 61.3 Å². The monoisotopic (exact) mass is 488 g/mol. The summed E-state index contributed by atoms with van der Waals surface area (Å²) < 4.78 is 12.5. The van der Waals surface area contributed by atoms with E-state index in [-0.39, 0.29) is 5.91 Å². The molecule has 0 aliphatic carbocycles. The molecular formula is C27H21ClN2O3S. The molecule has 1 N–H and O–H groups in total. The van der Waals surface area contributed by atoms with Gasteiger partial charge in [-0.15, -0.1) is 11.3 Å². The second-order valence-electron chi connectivity index (χ2n) is 7.94. The predicted molar refractivity (Wildman–Crippen MR) is 140 cm³/mol. The van der Waals surface area contributed by atoms with E-state index in [0.29, 0.717) is 22.0 Å². The molecule has 0 atom stereocenters. The van der Waals surface area contributed by atoms with Crippen molar-refractivity contribution in [3.05, 3.63) is 82.5 Å². The minimum Gasteiger partial charge on any atom is -0.496 e. The number of fused-ring (bicyclic) bond motifs is 2. The Morgan fingerprint density at radius 1 is 1.15 bits per heavy atom. The summed E-state index contributed by atoms with van der Waals surface area (Å²) in [6, 6.07) is 17.2. The van der Waals surface area contributed by atoms with Gasteiger partial charge in [-0.1, -0.05) is 23.7 Å². The SMILES string of the molecule is COc1cc2occ(-c3ccc(Cl)cc3)c2cc1/C(C)=C/C(=O)Nc1ccc2sc(C)nc2c1. The second kappa shape index (κ2) is 8.97. The molecule has 170 valence electrons. The van der Waals surface area contributed by atoms with E-state index in [2.05, 4.69) is 10.3 Å². The lowest BCUT2D eigenvalue weighted by molar-refractivity contribution is -0.111. The molecule has 0 aliphatic heterocycles. The van der Waals surface area contributed by atoms with Crippen LogP contribution in [0.3, 0.4) is 0 Å². The quantitative estimate of drug-likeness (QED) is 0.257. The molecule has 5 aromatic rings. The maximum Gasteiger partial charge on any atom is 0.248 e. The Labute approximate surface area is 205 Å². The van der Waals surface area contributed by atoms with Gasteiger partial charge in [-0.05, 0) is 61.4 Å². The van der Waals surface area contributed by atoms with Crippen LogP contribution >= 0.6 is 22.9 Å². The molecule has 1 amide bonds. The van der Waals surface area contributed by atoms with Crippen molar-refractivity contribution in [2.75, 3.05) is 12.4 Å². The summed E-state index contributed by atoms with van der Waals surface area (Å²) in [4.78, 5) is 17.3. The number of rotatable bonds is 5. The Morgan fingerprint density at radius 3 is 2.71 bits per heavy atom. The Morgan fingerprint density at radius 2 is 1.94 bits per heavy atom. The Kier molecular flexibility index (Phi) is 5.86. The summed E-state index contributed by atoms with van der Waals surface area (Å²) in [5.74, 6) is 0.404. The molecular weight excluding hydrogens is 468 g/mol. The third-order valence-electron chi connectivity index (χ3n) is 5.59. The van der Waals surface area contributed by atoms with E-state index in [0.717, 1.165) is 42.9 Å². The highest BCUT2D eigenvalue weighted by molar-refractivity contribution is 7.18. The highest BCUT2D eigenvalue weighted by Gasteiger charge is 2.15. The largest absolute Gasteiger partial charge is 0.496 e. The van der Waals surface area contributed by atoms with Crippen molar-refractivity contribution < 1.29 is 13.9 Å². The van der Waals surface area contributed by atoms with Gasteiger partial charge in [0.15, 0.2) is 0 Å². The first kappa shape index (κ1) is 22.2. The van der Waals surface area contributed by atoms with E-state index < -0.39 is 0 Å². The summed E-state index contributed by atoms with van der Waals surface area (Å²) in [7, 11) is 1.60. The molecule has 0 spiro atoms. The van der Waals surface area contributed by atoms with E-state index in [9.17, 15) is 4.79 Å². The first-order valence-electron chi connectivity index (χ1n) is 10.6. The van der Waals surface area contributed by atoms with E-state index in [1.807, 2.05) is 68.4 Å². The molecule has 0 fully saturated rings. The highest BCUT2D eigenvalue weighted by atomic mass is 35.5. The molecule has 2 aromatic heterocycles. The molecule has 5 nitrogen and oxygen atoms in total. The Balaban J connectivity index is 1.47. The number of aryl methyl sites for hydroxylation is 1. The van der Waals surface area contributed by atoms with Crippen LogP contribution in [0.25, 0.3) is 37.9 Å². The van der Waals surface area contributed by atoms with Gasteiger partial charge in [0.2, 0.25) is 5.91 Å². The van der Waals surface area contributed by atoms with E-state index in [1.54, 1.807) is 30.8 Å². The molecule has 0 radical (unpaired) electrons. The maximum absolute atomic E-state index is 12.8. The number of hydrogen-bond acceptors (Lipinski definition) is 5. The van der Waals surface area contributed by atoms with Crippen LogP contribution in [0.1, 0.15) is 17.5 Å². The van der Waals surface area contributed by atoms with E-state index in [4.69, 9.17) is 20.8 Å². The number of aromatic nitrogens is 1. The van der Waals surface area contributed by atoms with Gasteiger partial charge in [-0.2, -0.15) is 0 Å². The van der Waals surface area contributed by atoms with Gasteiger partial charge in [0, 0.05) is 39.4 Å². The van der Waals surface area contributed by atoms with Crippen LogP contribution in [0.5, 0.6) is 5.75 Å². The second-order valence-corrected chi connectivity index (χ2v) is 9.61. The molecule has 34 heavy (non-hydrogen) atoms. The zero-order valence-corrected chi connectivity index (χ0v) is 20.4. The zero-order chi connectivity index (χ0) is 23.8. The van der Waals surface area contributed by atoms with Gasteiger partial charge < -0.3 is 14.5 Å². The topological polar surface area (TPSA) is 64.4 Å². The molecule has 7 heteroatoms. The average Bonchev–Trinajstić information content (AvgIpc) is 3.40. The van der Waals surface area contributed by atoms with E-state index >= 15 is 0 Å². The fourth-order valence-electron chi connectivity index (χ4n) is 3.96. The zero-order valence-electron chi connectivity index (χ0n) is 18.8. The van der Waals surface area contributed by atoms with E-state index in [1.165, 1.54) is 0 Å². The van der Waals surface area contributed by atoms with Crippen molar-refractivity contribution in [1.29, 1.82) is 0 Å². The molecule has 0 saturated carbocycles. The van der Waals surface area contributed by atoms with Crippen molar-refractivity contribution in [2.45, 2.75) is 13.8 Å². The molecule has 0 aliphatic rings. The van der Waals surface area contributed by atoms with Crippen molar-refractivity contribution in [1.82, 2.24) is 4.98 Å². The number of nitrogens with one attached hydrogen (secondary N) is 1. The number of furan rings is 1. The molecule has 2 heterocycles. The van der Waals surface area contributed by atoms with Gasteiger partial charge in [0.1, 0.15) is 11.3 Å². The maximum atomic E-state index is 12.8. The van der Waals surface area contributed by atoms with Gasteiger partial charge in [-0.25, -0.2) is 4.98 Å². The number of allylic oxidation sites excluding steroid dienone is 1. The minimum atomic E-state index is -0.226. The number of hydrogen-bond donors (Lipinski definition) is 1.